The van der Waals surface area contributed by atoms with Gasteiger partial charge in [0.05, 0.1) is 11.4 Å². The van der Waals surface area contributed by atoms with Gasteiger partial charge in [-0.25, -0.2) is 4.79 Å². The number of rotatable bonds is 2. The smallest absolute Gasteiger partial charge is 0.326 e. The number of carbonyl (C=O) groups is 1. The third-order valence-corrected chi connectivity index (χ3v) is 1.50. The lowest BCUT2D eigenvalue weighted by molar-refractivity contribution is -0.135. The molecule has 0 saturated carbocycles. The molecule has 0 aliphatic carbocycles. The summed E-state index contributed by atoms with van der Waals surface area (Å²) in [6.07, 6.45) is 4.54. The Balaban J connectivity index is 0.000000168. The molecule has 2 heterocycles. The molecule has 2 N–H and O–H groups in total. The van der Waals surface area contributed by atoms with Crippen LogP contribution in [0.25, 0.3) is 11.4 Å². The Labute approximate surface area is 90.2 Å². The highest BCUT2D eigenvalue weighted by Gasteiger charge is 1.98. The SMILES string of the molecule is O=C=NCC(=O)O.c1cc2nccc-2[nH]n1. The van der Waals surface area contributed by atoms with Crippen molar-refractivity contribution in [1.82, 2.24) is 15.2 Å². The van der Waals surface area contributed by atoms with E-state index >= 15 is 0 Å². The monoisotopic (exact) mass is 220 g/mol. The molecule has 0 unspecified atom stereocenters. The molecule has 0 atom stereocenters. The van der Waals surface area contributed by atoms with E-state index in [9.17, 15) is 4.79 Å². The van der Waals surface area contributed by atoms with Gasteiger partial charge in [-0.1, -0.05) is 0 Å². The summed E-state index contributed by atoms with van der Waals surface area (Å²) in [7, 11) is 0. The number of aliphatic carboxylic acids is 1. The van der Waals surface area contributed by atoms with Gasteiger partial charge in [0.2, 0.25) is 6.08 Å². The highest BCUT2D eigenvalue weighted by molar-refractivity contribution is 5.70. The van der Waals surface area contributed by atoms with Crippen LogP contribution < -0.4 is 0 Å². The highest BCUT2D eigenvalue weighted by Crippen LogP contribution is 2.12. The Kier molecular flexibility index (Phi) is 4.36. The minimum atomic E-state index is -1.12. The Morgan fingerprint density at radius 1 is 1.50 bits per heavy atom. The number of aromatic amines is 1. The first-order valence-electron chi connectivity index (χ1n) is 4.23. The molecule has 0 radical (unpaired) electrons. The number of nitrogens with one attached hydrogen (secondary N) is 1. The number of hydrogen-bond acceptors (Lipinski definition) is 5. The zero-order valence-electron chi connectivity index (χ0n) is 8.12. The fourth-order valence-corrected chi connectivity index (χ4v) is 0.889. The van der Waals surface area contributed by atoms with Gasteiger partial charge in [-0.05, 0) is 12.1 Å². The number of nitrogens with zero attached hydrogens (tertiary/aromatic N) is 3. The van der Waals surface area contributed by atoms with Crippen molar-refractivity contribution >= 4 is 12.0 Å². The van der Waals surface area contributed by atoms with Crippen molar-refractivity contribution in [3.63, 3.8) is 0 Å². The van der Waals surface area contributed by atoms with E-state index in [0.717, 1.165) is 17.5 Å². The molecular weight excluding hydrogens is 212 g/mol. The van der Waals surface area contributed by atoms with Crippen molar-refractivity contribution in [2.75, 3.05) is 6.54 Å². The standard InChI is InChI=1S/C6H5N3.C3H3NO3/c1-3-7-5-2-4-8-9-6(1)5;5-2-4-1-3(6)7/h1-4,9H;1H2,(H,6,7). The summed E-state index contributed by atoms with van der Waals surface area (Å²) in [4.78, 5) is 25.5. The van der Waals surface area contributed by atoms with Crippen molar-refractivity contribution in [2.24, 2.45) is 4.99 Å². The summed E-state index contributed by atoms with van der Waals surface area (Å²) in [5.41, 5.74) is 1.95. The normalized spacial score (nSPS) is 8.75. The number of carboxylic acid groups (broad SMARTS) is 1. The van der Waals surface area contributed by atoms with Gasteiger partial charge in [0, 0.05) is 12.4 Å². The Bertz CT molecular complexity index is 448. The van der Waals surface area contributed by atoms with E-state index in [4.69, 9.17) is 9.90 Å². The van der Waals surface area contributed by atoms with E-state index in [0.29, 0.717) is 0 Å². The topological polar surface area (TPSA) is 108 Å². The van der Waals surface area contributed by atoms with Crippen molar-refractivity contribution in [3.8, 4) is 11.4 Å². The van der Waals surface area contributed by atoms with Crippen LogP contribution in [0.2, 0.25) is 0 Å². The molecule has 0 fully saturated rings. The molecule has 16 heavy (non-hydrogen) atoms. The largest absolute Gasteiger partial charge is 0.480 e. The summed E-state index contributed by atoms with van der Waals surface area (Å²) in [6.45, 7) is -0.483. The van der Waals surface area contributed by atoms with Crippen LogP contribution >= 0.6 is 0 Å². The molecule has 7 heteroatoms. The van der Waals surface area contributed by atoms with E-state index in [1.54, 1.807) is 12.4 Å². The molecule has 0 aromatic rings. The molecule has 2 rings (SSSR count). The van der Waals surface area contributed by atoms with Gasteiger partial charge in [0.1, 0.15) is 6.54 Å². The lowest BCUT2D eigenvalue weighted by Crippen LogP contribution is -1.97. The van der Waals surface area contributed by atoms with Gasteiger partial charge in [-0.3, -0.25) is 14.9 Å². The maximum absolute atomic E-state index is 9.49. The zero-order chi connectivity index (χ0) is 11.8. The van der Waals surface area contributed by atoms with Gasteiger partial charge in [-0.2, -0.15) is 10.1 Å². The van der Waals surface area contributed by atoms with Crippen molar-refractivity contribution in [1.29, 1.82) is 0 Å². The van der Waals surface area contributed by atoms with Crippen LogP contribution in [0.5, 0.6) is 0 Å². The molecule has 0 bridgehead atoms. The fourth-order valence-electron chi connectivity index (χ4n) is 0.889. The summed E-state index contributed by atoms with van der Waals surface area (Å²) in [5, 5.41) is 14.4. The maximum Gasteiger partial charge on any atom is 0.326 e. The summed E-state index contributed by atoms with van der Waals surface area (Å²) in [6, 6.07) is 3.76. The van der Waals surface area contributed by atoms with Crippen LogP contribution in [-0.2, 0) is 9.59 Å². The van der Waals surface area contributed by atoms with E-state index in [-0.39, 0.29) is 0 Å². The van der Waals surface area contributed by atoms with Crippen LogP contribution in [-0.4, -0.2) is 38.9 Å². The van der Waals surface area contributed by atoms with Gasteiger partial charge in [-0.15, -0.1) is 0 Å². The number of hydrogen-bond donors (Lipinski definition) is 2. The predicted molar refractivity (Wildman–Crippen MR) is 53.6 cm³/mol. The third-order valence-electron chi connectivity index (χ3n) is 1.50. The molecule has 0 spiro atoms. The van der Waals surface area contributed by atoms with Crippen LogP contribution in [0.1, 0.15) is 0 Å². The van der Waals surface area contributed by atoms with Gasteiger partial charge < -0.3 is 5.11 Å². The number of aliphatic imine (C=N–C) groups is 1. The Hall–Kier alpha value is -2.53. The highest BCUT2D eigenvalue weighted by atomic mass is 16.4. The number of H-pyrrole nitrogens is 1. The van der Waals surface area contributed by atoms with E-state index in [2.05, 4.69) is 20.2 Å². The second-order valence-corrected chi connectivity index (χ2v) is 2.60. The van der Waals surface area contributed by atoms with Crippen LogP contribution in [0, 0.1) is 0 Å². The molecule has 0 aromatic heterocycles. The van der Waals surface area contributed by atoms with Crippen LogP contribution in [0.3, 0.4) is 0 Å². The molecule has 7 nitrogen and oxygen atoms in total. The lowest BCUT2D eigenvalue weighted by Gasteiger charge is -1.90. The number of carboxylic acids is 1. The number of carbonyl (C=O) groups excluding carboxylic acids is 1. The fraction of sp³-hybridized carbons (Fsp3) is 0.111. The number of isocyanates is 1. The van der Waals surface area contributed by atoms with Crippen molar-refractivity contribution in [3.05, 3.63) is 24.5 Å². The average Bonchev–Trinajstić information content (AvgIpc) is 2.75. The van der Waals surface area contributed by atoms with Crippen molar-refractivity contribution < 1.29 is 14.7 Å². The average molecular weight is 220 g/mol. The first-order valence-corrected chi connectivity index (χ1v) is 4.23. The van der Waals surface area contributed by atoms with Crippen molar-refractivity contribution in [2.45, 2.75) is 0 Å². The Morgan fingerprint density at radius 2 is 2.31 bits per heavy atom. The number of aromatic nitrogens is 3. The lowest BCUT2D eigenvalue weighted by atomic mass is 10.3. The predicted octanol–water partition coefficient (Wildman–Crippen LogP) is 0.316. The maximum atomic E-state index is 9.49. The molecule has 0 aromatic carbocycles. The minimum Gasteiger partial charge on any atom is -0.480 e. The summed E-state index contributed by atoms with van der Waals surface area (Å²) >= 11 is 0. The quantitative estimate of drug-likeness (QED) is 0.559. The Morgan fingerprint density at radius 3 is 2.88 bits per heavy atom. The zero-order valence-corrected chi connectivity index (χ0v) is 8.12. The second kappa shape index (κ2) is 6.05. The first kappa shape index (κ1) is 11.5. The van der Waals surface area contributed by atoms with Gasteiger partial charge in [0.15, 0.2) is 0 Å². The second-order valence-electron chi connectivity index (χ2n) is 2.60. The van der Waals surface area contributed by atoms with E-state index in [1.165, 1.54) is 0 Å². The molecule has 0 amide bonds. The molecular formula is C9H8N4O3. The van der Waals surface area contributed by atoms with Gasteiger partial charge in [0.25, 0.3) is 0 Å². The van der Waals surface area contributed by atoms with Crippen LogP contribution in [0.15, 0.2) is 29.5 Å². The van der Waals surface area contributed by atoms with Crippen LogP contribution in [0.4, 0.5) is 0 Å². The minimum absolute atomic E-state index is 0.483. The molecule has 0 saturated heterocycles. The molecule has 2 aliphatic heterocycles. The van der Waals surface area contributed by atoms with E-state index in [1.807, 2.05) is 12.1 Å². The summed E-state index contributed by atoms with van der Waals surface area (Å²) < 4.78 is 0. The molecule has 82 valence electrons. The van der Waals surface area contributed by atoms with Gasteiger partial charge >= 0.3 is 5.97 Å². The summed E-state index contributed by atoms with van der Waals surface area (Å²) in [5.74, 6) is -1.12. The van der Waals surface area contributed by atoms with E-state index < -0.39 is 12.5 Å². The number of fused-ring (bicyclic) bond motifs is 1. The first-order chi connectivity index (χ1) is 7.74. The third kappa shape index (κ3) is 3.69. The molecule has 2 aliphatic rings.